The lowest BCUT2D eigenvalue weighted by Gasteiger charge is -1.80. The zero-order chi connectivity index (χ0) is 5.98. The van der Waals surface area contributed by atoms with Crippen molar-refractivity contribution in [1.29, 1.82) is 0 Å². The van der Waals surface area contributed by atoms with Crippen LogP contribution in [0.4, 0.5) is 0 Å². The summed E-state index contributed by atoms with van der Waals surface area (Å²) in [7, 11) is 0. The molecule has 1 heterocycles. The van der Waals surface area contributed by atoms with E-state index in [1.54, 1.807) is 6.07 Å². The van der Waals surface area contributed by atoms with Crippen molar-refractivity contribution >= 4 is 24.0 Å². The Kier molecular flexibility index (Phi) is 3.70. The molecule has 1 aromatic rings. The maximum Gasteiger partial charge on any atom is 0.118 e. The quantitative estimate of drug-likeness (QED) is 0.694. The molecular formula is C5H7Cl2NO. The predicted molar refractivity (Wildman–Crippen MR) is 38.9 cm³/mol. The van der Waals surface area contributed by atoms with Crippen LogP contribution in [-0.4, -0.2) is 0 Å². The Morgan fingerprint density at radius 3 is 2.56 bits per heavy atom. The van der Waals surface area contributed by atoms with Crippen molar-refractivity contribution in [1.82, 2.24) is 0 Å². The fourth-order valence-corrected chi connectivity index (χ4v) is 0.627. The lowest BCUT2D eigenvalue weighted by atomic mass is 10.5. The van der Waals surface area contributed by atoms with E-state index in [1.807, 2.05) is 0 Å². The van der Waals surface area contributed by atoms with Gasteiger partial charge in [0.2, 0.25) is 0 Å². The first-order valence-corrected chi connectivity index (χ1v) is 2.63. The topological polar surface area (TPSA) is 39.2 Å². The monoisotopic (exact) mass is 167 g/mol. The molecule has 0 aromatic carbocycles. The van der Waals surface area contributed by atoms with E-state index < -0.39 is 0 Å². The van der Waals surface area contributed by atoms with E-state index in [-0.39, 0.29) is 12.4 Å². The van der Waals surface area contributed by atoms with Crippen LogP contribution in [0.15, 0.2) is 16.7 Å². The molecule has 0 bridgehead atoms. The third-order valence-corrected chi connectivity index (χ3v) is 1.02. The summed E-state index contributed by atoms with van der Waals surface area (Å²) in [5.41, 5.74) is 5.21. The molecule has 0 spiro atoms. The second-order valence-electron chi connectivity index (χ2n) is 1.44. The molecule has 0 saturated carbocycles. The molecule has 0 saturated heterocycles. The predicted octanol–water partition coefficient (Wildman–Crippen LogP) is 1.81. The van der Waals surface area contributed by atoms with Crippen LogP contribution in [0.25, 0.3) is 0 Å². The maximum absolute atomic E-state index is 5.49. The number of nitrogens with two attached hydrogens (primary N) is 1. The summed E-state index contributed by atoms with van der Waals surface area (Å²) in [6.07, 6.45) is 1.46. The van der Waals surface area contributed by atoms with Crippen molar-refractivity contribution in [2.24, 2.45) is 5.73 Å². The van der Waals surface area contributed by atoms with Crippen molar-refractivity contribution < 1.29 is 4.42 Å². The number of furan rings is 1. The van der Waals surface area contributed by atoms with Gasteiger partial charge in [-0.2, -0.15) is 0 Å². The van der Waals surface area contributed by atoms with Crippen molar-refractivity contribution in [3.05, 3.63) is 23.1 Å². The molecule has 0 fully saturated rings. The van der Waals surface area contributed by atoms with Gasteiger partial charge in [-0.25, -0.2) is 0 Å². The molecule has 0 radical (unpaired) electrons. The van der Waals surface area contributed by atoms with Crippen LogP contribution < -0.4 is 5.73 Å². The summed E-state index contributed by atoms with van der Waals surface area (Å²) in [4.78, 5) is 0. The highest BCUT2D eigenvalue weighted by Gasteiger charge is 1.93. The highest BCUT2D eigenvalue weighted by atomic mass is 35.5. The Hall–Kier alpha value is -0.180. The summed E-state index contributed by atoms with van der Waals surface area (Å²) >= 11 is 5.49. The highest BCUT2D eigenvalue weighted by molar-refractivity contribution is 6.30. The lowest BCUT2D eigenvalue weighted by Crippen LogP contribution is -1.92. The van der Waals surface area contributed by atoms with E-state index >= 15 is 0 Å². The molecule has 1 aromatic heterocycles. The highest BCUT2D eigenvalue weighted by Crippen LogP contribution is 2.11. The molecule has 0 aliphatic carbocycles. The first-order valence-electron chi connectivity index (χ1n) is 2.26. The Morgan fingerprint density at radius 1 is 1.67 bits per heavy atom. The van der Waals surface area contributed by atoms with Gasteiger partial charge in [0.15, 0.2) is 0 Å². The van der Waals surface area contributed by atoms with E-state index in [9.17, 15) is 0 Å². The molecule has 9 heavy (non-hydrogen) atoms. The number of halogens is 2. The SMILES string of the molecule is Cl.NCc1cc(Cl)co1. The molecule has 4 heteroatoms. The molecular weight excluding hydrogens is 161 g/mol. The van der Waals surface area contributed by atoms with Gasteiger partial charge in [-0.1, -0.05) is 11.6 Å². The Morgan fingerprint density at radius 2 is 2.33 bits per heavy atom. The van der Waals surface area contributed by atoms with Gasteiger partial charge in [-0.15, -0.1) is 12.4 Å². The second-order valence-corrected chi connectivity index (χ2v) is 1.87. The third kappa shape index (κ3) is 2.26. The van der Waals surface area contributed by atoms with Gasteiger partial charge in [0, 0.05) is 0 Å². The normalized spacial score (nSPS) is 8.67. The summed E-state index contributed by atoms with van der Waals surface area (Å²) in [5.74, 6) is 0.718. The number of hydrogen-bond acceptors (Lipinski definition) is 2. The average Bonchev–Trinajstić information content (AvgIpc) is 2.14. The third-order valence-electron chi connectivity index (χ3n) is 0.823. The molecule has 0 amide bonds. The summed E-state index contributed by atoms with van der Waals surface area (Å²) in [5, 5.41) is 0.602. The van der Waals surface area contributed by atoms with Crippen LogP contribution >= 0.6 is 24.0 Å². The fraction of sp³-hybridized carbons (Fsp3) is 0.200. The molecule has 52 valence electrons. The first-order chi connectivity index (χ1) is 3.83. The van der Waals surface area contributed by atoms with Crippen LogP contribution in [0, 0.1) is 0 Å². The van der Waals surface area contributed by atoms with Gasteiger partial charge in [0.1, 0.15) is 12.0 Å². The van der Waals surface area contributed by atoms with Crippen molar-refractivity contribution in [3.63, 3.8) is 0 Å². The summed E-state index contributed by atoms with van der Waals surface area (Å²) in [6.45, 7) is 0.409. The molecule has 0 atom stereocenters. The zero-order valence-electron chi connectivity index (χ0n) is 4.63. The van der Waals surface area contributed by atoms with Crippen molar-refractivity contribution in [2.75, 3.05) is 0 Å². The largest absolute Gasteiger partial charge is 0.466 e. The van der Waals surface area contributed by atoms with E-state index in [1.165, 1.54) is 6.26 Å². The van der Waals surface area contributed by atoms with Gasteiger partial charge < -0.3 is 10.2 Å². The van der Waals surface area contributed by atoms with Gasteiger partial charge in [-0.05, 0) is 6.07 Å². The number of rotatable bonds is 1. The van der Waals surface area contributed by atoms with Crippen LogP contribution in [0.2, 0.25) is 5.02 Å². The first kappa shape index (κ1) is 8.82. The molecule has 1 rings (SSSR count). The van der Waals surface area contributed by atoms with Gasteiger partial charge in [0.25, 0.3) is 0 Å². The van der Waals surface area contributed by atoms with E-state index in [0.717, 1.165) is 5.76 Å². The summed E-state index contributed by atoms with van der Waals surface area (Å²) in [6, 6.07) is 1.70. The van der Waals surface area contributed by atoms with Gasteiger partial charge in [-0.3, -0.25) is 0 Å². The minimum Gasteiger partial charge on any atom is -0.466 e. The molecule has 0 aliphatic heterocycles. The molecule has 0 unspecified atom stereocenters. The second kappa shape index (κ2) is 3.77. The van der Waals surface area contributed by atoms with Gasteiger partial charge in [0.05, 0.1) is 11.6 Å². The Balaban J connectivity index is 0.000000640. The van der Waals surface area contributed by atoms with E-state index in [0.29, 0.717) is 11.6 Å². The Labute approximate surface area is 64.4 Å². The molecule has 2 N–H and O–H groups in total. The Bertz CT molecular complexity index is 175. The fourth-order valence-electron chi connectivity index (χ4n) is 0.461. The van der Waals surface area contributed by atoms with Crippen LogP contribution in [0.3, 0.4) is 0 Å². The smallest absolute Gasteiger partial charge is 0.118 e. The van der Waals surface area contributed by atoms with Crippen molar-refractivity contribution in [2.45, 2.75) is 6.54 Å². The molecule has 2 nitrogen and oxygen atoms in total. The van der Waals surface area contributed by atoms with Crippen molar-refractivity contribution in [3.8, 4) is 0 Å². The zero-order valence-corrected chi connectivity index (χ0v) is 6.21. The van der Waals surface area contributed by atoms with Crippen LogP contribution in [0.1, 0.15) is 5.76 Å². The maximum atomic E-state index is 5.49. The van der Waals surface area contributed by atoms with Crippen LogP contribution in [-0.2, 0) is 6.54 Å². The van der Waals surface area contributed by atoms with E-state index in [4.69, 9.17) is 21.8 Å². The number of hydrogen-bond donors (Lipinski definition) is 1. The minimum absolute atomic E-state index is 0. The standard InChI is InChI=1S/C5H6ClNO.ClH/c6-4-1-5(2-7)8-3-4;/h1,3H,2,7H2;1H. The average molecular weight is 168 g/mol. The van der Waals surface area contributed by atoms with Gasteiger partial charge >= 0.3 is 0 Å². The van der Waals surface area contributed by atoms with Crippen LogP contribution in [0.5, 0.6) is 0 Å². The van der Waals surface area contributed by atoms with E-state index in [2.05, 4.69) is 0 Å². The lowest BCUT2D eigenvalue weighted by molar-refractivity contribution is 0.512. The minimum atomic E-state index is 0. The molecule has 0 aliphatic rings. The summed E-state index contributed by atoms with van der Waals surface area (Å²) < 4.78 is 4.86.